The van der Waals surface area contributed by atoms with Crippen molar-refractivity contribution in [1.29, 1.82) is 0 Å². The summed E-state index contributed by atoms with van der Waals surface area (Å²) in [6, 6.07) is 4.37. The van der Waals surface area contributed by atoms with Gasteiger partial charge in [-0.25, -0.2) is 15.0 Å². The molecule has 0 aliphatic carbocycles. The molecule has 0 spiro atoms. The smallest absolute Gasteiger partial charge is 0.311 e. The van der Waals surface area contributed by atoms with E-state index in [2.05, 4.69) is 27.4 Å². The topological polar surface area (TPSA) is 88.0 Å². The Morgan fingerprint density at radius 1 is 1.14 bits per heavy atom. The number of nitrogens with zero attached hydrogens (tertiary/aromatic N) is 3. The maximum absolute atomic E-state index is 11.5. The summed E-state index contributed by atoms with van der Waals surface area (Å²) in [5.41, 5.74) is 3.20. The fraction of sp³-hybridized carbons (Fsp3) is 0.545. The third kappa shape index (κ3) is 5.75. The maximum atomic E-state index is 11.5. The first-order valence-electron chi connectivity index (χ1n) is 10.4. The number of hydrogen-bond acceptors (Lipinski definition) is 5. The normalized spacial score (nSPS) is 14.2. The van der Waals surface area contributed by atoms with E-state index in [4.69, 9.17) is 4.98 Å². The second-order valence-corrected chi connectivity index (χ2v) is 7.60. The van der Waals surface area contributed by atoms with Crippen LogP contribution in [0.4, 0.5) is 5.82 Å². The molecule has 3 heterocycles. The van der Waals surface area contributed by atoms with Gasteiger partial charge in [0.1, 0.15) is 11.6 Å². The molecule has 1 aliphatic heterocycles. The summed E-state index contributed by atoms with van der Waals surface area (Å²) in [6.07, 6.45) is 12.6. The lowest BCUT2D eigenvalue weighted by Gasteiger charge is -2.17. The SMILES string of the molecule is Cc1ncc([C@H](CCCCCCCc2ccc3c(n2)NCCC3)C(=O)O)cn1. The predicted octanol–water partition coefficient (Wildman–Crippen LogP) is 4.29. The molecule has 0 radical (unpaired) electrons. The molecule has 6 nitrogen and oxygen atoms in total. The van der Waals surface area contributed by atoms with Crippen molar-refractivity contribution in [2.24, 2.45) is 0 Å². The summed E-state index contributed by atoms with van der Waals surface area (Å²) in [6.45, 7) is 2.82. The summed E-state index contributed by atoms with van der Waals surface area (Å²) < 4.78 is 0. The standard InChI is InChI=1S/C22H30N4O2/c1-16-24-14-18(15-25-16)20(22(27)28)10-6-4-2-3-5-9-19-12-11-17-8-7-13-23-21(17)26-19/h11-12,14-15,20H,2-10,13H2,1H3,(H,23,26)(H,27,28)/t20-/m0/s1. The number of pyridine rings is 1. The Labute approximate surface area is 166 Å². The number of aryl methyl sites for hydroxylation is 3. The van der Waals surface area contributed by atoms with E-state index in [1.807, 2.05) is 0 Å². The van der Waals surface area contributed by atoms with Crippen molar-refractivity contribution in [3.63, 3.8) is 0 Å². The van der Waals surface area contributed by atoms with Crippen LogP contribution >= 0.6 is 0 Å². The lowest BCUT2D eigenvalue weighted by molar-refractivity contribution is -0.139. The Hall–Kier alpha value is -2.50. The number of unbranched alkanes of at least 4 members (excludes halogenated alkanes) is 4. The highest BCUT2D eigenvalue weighted by Gasteiger charge is 2.20. The number of aromatic nitrogens is 3. The summed E-state index contributed by atoms with van der Waals surface area (Å²) in [5.74, 6) is 0.438. The molecule has 0 aromatic carbocycles. The van der Waals surface area contributed by atoms with Crippen LogP contribution in [0.15, 0.2) is 24.5 Å². The van der Waals surface area contributed by atoms with Gasteiger partial charge in [0.05, 0.1) is 5.92 Å². The van der Waals surface area contributed by atoms with E-state index in [1.54, 1.807) is 19.3 Å². The highest BCUT2D eigenvalue weighted by molar-refractivity contribution is 5.75. The largest absolute Gasteiger partial charge is 0.481 e. The highest BCUT2D eigenvalue weighted by Crippen LogP contribution is 2.23. The van der Waals surface area contributed by atoms with E-state index in [-0.39, 0.29) is 0 Å². The Kier molecular flexibility index (Phi) is 7.34. The van der Waals surface area contributed by atoms with Gasteiger partial charge in [-0.05, 0) is 50.7 Å². The van der Waals surface area contributed by atoms with Crippen LogP contribution in [0.25, 0.3) is 0 Å². The first kappa shape index (κ1) is 20.2. The number of hydrogen-bond donors (Lipinski definition) is 2. The number of aliphatic carboxylic acids is 1. The molecule has 0 unspecified atom stereocenters. The number of anilines is 1. The second kappa shape index (κ2) is 10.2. The van der Waals surface area contributed by atoms with Crippen molar-refractivity contribution >= 4 is 11.8 Å². The number of fused-ring (bicyclic) bond motifs is 1. The molecule has 150 valence electrons. The fourth-order valence-corrected chi connectivity index (χ4v) is 3.71. The monoisotopic (exact) mass is 382 g/mol. The van der Waals surface area contributed by atoms with Gasteiger partial charge in [0.25, 0.3) is 0 Å². The number of carbonyl (C=O) groups is 1. The summed E-state index contributed by atoms with van der Waals surface area (Å²) in [7, 11) is 0. The predicted molar refractivity (Wildman–Crippen MR) is 110 cm³/mol. The Balaban J connectivity index is 1.34. The van der Waals surface area contributed by atoms with Gasteiger partial charge in [0.2, 0.25) is 0 Å². The fourth-order valence-electron chi connectivity index (χ4n) is 3.71. The Morgan fingerprint density at radius 3 is 2.68 bits per heavy atom. The zero-order chi connectivity index (χ0) is 19.8. The molecule has 1 aliphatic rings. The number of carboxylic acids is 1. The average molecular weight is 383 g/mol. The molecule has 0 fully saturated rings. The summed E-state index contributed by atoms with van der Waals surface area (Å²) >= 11 is 0. The van der Waals surface area contributed by atoms with Crippen LogP contribution in [0.5, 0.6) is 0 Å². The van der Waals surface area contributed by atoms with Gasteiger partial charge in [0, 0.05) is 30.2 Å². The number of carboxylic acid groups (broad SMARTS) is 1. The van der Waals surface area contributed by atoms with Crippen LogP contribution in [0.3, 0.4) is 0 Å². The summed E-state index contributed by atoms with van der Waals surface area (Å²) in [4.78, 5) is 24.5. The van der Waals surface area contributed by atoms with Gasteiger partial charge >= 0.3 is 5.97 Å². The van der Waals surface area contributed by atoms with Crippen LogP contribution in [0.1, 0.15) is 73.5 Å². The number of nitrogens with one attached hydrogen (secondary N) is 1. The molecular formula is C22H30N4O2. The van der Waals surface area contributed by atoms with Crippen molar-refractivity contribution in [3.8, 4) is 0 Å². The lowest BCUT2D eigenvalue weighted by Crippen LogP contribution is -2.14. The molecule has 6 heteroatoms. The van der Waals surface area contributed by atoms with Gasteiger partial charge in [-0.2, -0.15) is 0 Å². The molecule has 3 rings (SSSR count). The van der Waals surface area contributed by atoms with E-state index in [0.29, 0.717) is 17.8 Å². The minimum absolute atomic E-state index is 0.507. The van der Waals surface area contributed by atoms with Crippen LogP contribution in [-0.2, 0) is 17.6 Å². The third-order valence-corrected chi connectivity index (χ3v) is 5.38. The molecule has 2 N–H and O–H groups in total. The van der Waals surface area contributed by atoms with Gasteiger partial charge in [0.15, 0.2) is 0 Å². The van der Waals surface area contributed by atoms with Gasteiger partial charge < -0.3 is 10.4 Å². The minimum atomic E-state index is -0.792. The maximum Gasteiger partial charge on any atom is 0.311 e. The highest BCUT2D eigenvalue weighted by atomic mass is 16.4. The van der Waals surface area contributed by atoms with Crippen molar-refractivity contribution < 1.29 is 9.90 Å². The van der Waals surface area contributed by atoms with E-state index < -0.39 is 11.9 Å². The van der Waals surface area contributed by atoms with E-state index in [9.17, 15) is 9.90 Å². The van der Waals surface area contributed by atoms with Gasteiger partial charge in [-0.1, -0.05) is 31.7 Å². The molecule has 2 aromatic heterocycles. The van der Waals surface area contributed by atoms with E-state index in [0.717, 1.165) is 57.3 Å². The molecule has 0 saturated heterocycles. The van der Waals surface area contributed by atoms with E-state index in [1.165, 1.54) is 17.7 Å². The quantitative estimate of drug-likeness (QED) is 0.596. The third-order valence-electron chi connectivity index (χ3n) is 5.38. The van der Waals surface area contributed by atoms with Crippen LogP contribution in [0.2, 0.25) is 0 Å². The Bertz CT molecular complexity index is 777. The Morgan fingerprint density at radius 2 is 1.89 bits per heavy atom. The van der Waals surface area contributed by atoms with Crippen LogP contribution < -0.4 is 5.32 Å². The van der Waals surface area contributed by atoms with Crippen molar-refractivity contribution in [2.45, 2.75) is 70.6 Å². The molecule has 1 atom stereocenters. The number of rotatable bonds is 10. The molecule has 0 amide bonds. The second-order valence-electron chi connectivity index (χ2n) is 7.60. The molecular weight excluding hydrogens is 352 g/mol. The van der Waals surface area contributed by atoms with Crippen molar-refractivity contribution in [3.05, 3.63) is 47.2 Å². The van der Waals surface area contributed by atoms with E-state index >= 15 is 0 Å². The lowest BCUT2D eigenvalue weighted by atomic mass is 9.95. The first-order chi connectivity index (χ1) is 13.6. The van der Waals surface area contributed by atoms with Crippen LogP contribution in [0, 0.1) is 6.92 Å². The molecule has 2 aromatic rings. The zero-order valence-corrected chi connectivity index (χ0v) is 16.7. The summed E-state index contributed by atoms with van der Waals surface area (Å²) in [5, 5.41) is 12.9. The van der Waals surface area contributed by atoms with Gasteiger partial charge in [-0.15, -0.1) is 0 Å². The molecule has 0 saturated carbocycles. The van der Waals surface area contributed by atoms with Crippen LogP contribution in [-0.4, -0.2) is 32.6 Å². The molecule has 28 heavy (non-hydrogen) atoms. The first-order valence-corrected chi connectivity index (χ1v) is 10.4. The van der Waals surface area contributed by atoms with Crippen molar-refractivity contribution in [1.82, 2.24) is 15.0 Å². The van der Waals surface area contributed by atoms with Gasteiger partial charge in [-0.3, -0.25) is 4.79 Å². The minimum Gasteiger partial charge on any atom is -0.481 e. The zero-order valence-electron chi connectivity index (χ0n) is 16.7. The van der Waals surface area contributed by atoms with Crippen molar-refractivity contribution in [2.75, 3.05) is 11.9 Å². The molecule has 0 bridgehead atoms. The average Bonchev–Trinajstić information content (AvgIpc) is 2.70.